The number of fused-ring (bicyclic) bond motifs is 1. The number of benzene rings is 1. The molecule has 0 radical (unpaired) electrons. The molecule has 0 bridgehead atoms. The first kappa shape index (κ1) is 27.9. The van der Waals surface area contributed by atoms with Crippen LogP contribution in [0, 0.1) is 10.1 Å². The number of aryl methyl sites for hydroxylation is 1. The van der Waals surface area contributed by atoms with Crippen molar-refractivity contribution < 1.29 is 22.8 Å². The number of dihydropyridines is 1. The third-order valence-corrected chi connectivity index (χ3v) is 6.09. The minimum Gasteiger partial charge on any atom is -0.468 e. The molecule has 0 saturated carbocycles. The first-order valence-corrected chi connectivity index (χ1v) is 12.0. The number of nitro groups is 1. The van der Waals surface area contributed by atoms with Gasteiger partial charge in [0.2, 0.25) is 11.8 Å². The number of ether oxygens (including phenoxy) is 1. The molecule has 3 heterocycles. The van der Waals surface area contributed by atoms with Crippen LogP contribution in [0.2, 0.25) is 0 Å². The van der Waals surface area contributed by atoms with E-state index in [9.17, 15) is 23.3 Å². The van der Waals surface area contributed by atoms with Gasteiger partial charge >= 0.3 is 6.18 Å². The molecular formula is C25H29F3N8O3. The minimum atomic E-state index is -4.63. The van der Waals surface area contributed by atoms with Crippen molar-refractivity contribution in [2.24, 2.45) is 7.05 Å². The van der Waals surface area contributed by atoms with E-state index >= 15 is 0 Å². The Morgan fingerprint density at radius 2 is 2.00 bits per heavy atom. The molecule has 14 heteroatoms. The Kier molecular flexibility index (Phi) is 7.79. The molecule has 208 valence electrons. The Labute approximate surface area is 222 Å². The number of nitrogens with one attached hydrogen (secondary N) is 3. The standard InChI is InChI=1S/C25H29F3N8O3/c1-24(30-11-12-34(2)3)21(36(37)38)13-19(22(33-24)39-15-25(26,27)28)32-23-29-10-9-18(31-23)17-14-35(4)20-8-6-5-7-16(17)20/h5-10,13-14,30,33H,11-12,15H2,1-4H3,(H,29,31,32). The van der Waals surface area contributed by atoms with Gasteiger partial charge in [-0.15, -0.1) is 0 Å². The Morgan fingerprint density at radius 1 is 1.26 bits per heavy atom. The van der Waals surface area contributed by atoms with E-state index in [1.165, 1.54) is 13.1 Å². The molecule has 1 unspecified atom stereocenters. The summed E-state index contributed by atoms with van der Waals surface area (Å²) in [5.74, 6) is -0.314. The number of aromatic nitrogens is 3. The van der Waals surface area contributed by atoms with Crippen LogP contribution in [0.15, 0.2) is 66.1 Å². The predicted molar refractivity (Wildman–Crippen MR) is 140 cm³/mol. The molecule has 2 aromatic heterocycles. The lowest BCUT2D eigenvalue weighted by atomic mass is 10.0. The summed E-state index contributed by atoms with van der Waals surface area (Å²) in [6, 6.07) is 9.45. The van der Waals surface area contributed by atoms with Crippen molar-refractivity contribution in [2.45, 2.75) is 18.8 Å². The summed E-state index contributed by atoms with van der Waals surface area (Å²) in [4.78, 5) is 21.9. The van der Waals surface area contributed by atoms with Crippen molar-refractivity contribution in [2.75, 3.05) is 39.1 Å². The highest BCUT2D eigenvalue weighted by Crippen LogP contribution is 2.31. The monoisotopic (exact) mass is 546 g/mol. The first-order chi connectivity index (χ1) is 18.4. The zero-order chi connectivity index (χ0) is 28.4. The Bertz CT molecular complexity index is 1430. The highest BCUT2D eigenvalue weighted by molar-refractivity contribution is 5.95. The highest BCUT2D eigenvalue weighted by atomic mass is 19.4. The third kappa shape index (κ3) is 6.46. The summed E-state index contributed by atoms with van der Waals surface area (Å²) in [6.45, 7) is 0.702. The van der Waals surface area contributed by atoms with E-state index in [1.807, 2.05) is 61.1 Å². The summed E-state index contributed by atoms with van der Waals surface area (Å²) in [5.41, 5.74) is 0.405. The average Bonchev–Trinajstić information content (AvgIpc) is 3.20. The number of allylic oxidation sites excluding steroid dienone is 1. The van der Waals surface area contributed by atoms with Gasteiger partial charge in [0, 0.05) is 55.1 Å². The summed E-state index contributed by atoms with van der Waals surface area (Å²) < 4.78 is 46.2. The molecule has 1 aliphatic rings. The fourth-order valence-electron chi connectivity index (χ4n) is 4.20. The van der Waals surface area contributed by atoms with Gasteiger partial charge in [-0.1, -0.05) is 18.2 Å². The second kappa shape index (κ2) is 10.9. The first-order valence-electron chi connectivity index (χ1n) is 12.0. The van der Waals surface area contributed by atoms with E-state index in [2.05, 4.69) is 25.9 Å². The van der Waals surface area contributed by atoms with Gasteiger partial charge in [0.05, 0.1) is 10.6 Å². The van der Waals surface area contributed by atoms with Crippen molar-refractivity contribution in [1.29, 1.82) is 0 Å². The average molecular weight is 547 g/mol. The van der Waals surface area contributed by atoms with Gasteiger partial charge in [-0.25, -0.2) is 9.97 Å². The number of hydrogen-bond acceptors (Lipinski definition) is 9. The summed E-state index contributed by atoms with van der Waals surface area (Å²) in [6.07, 6.45) is -0.110. The van der Waals surface area contributed by atoms with Crippen LogP contribution in [0.5, 0.6) is 0 Å². The lowest BCUT2D eigenvalue weighted by Gasteiger charge is -2.35. The number of halogens is 3. The smallest absolute Gasteiger partial charge is 0.422 e. The number of anilines is 1. The summed E-state index contributed by atoms with van der Waals surface area (Å²) in [7, 11) is 5.56. The van der Waals surface area contributed by atoms with Crippen LogP contribution < -0.4 is 16.0 Å². The second-order valence-electron chi connectivity index (χ2n) is 9.47. The van der Waals surface area contributed by atoms with Crippen molar-refractivity contribution >= 4 is 16.9 Å². The van der Waals surface area contributed by atoms with Crippen LogP contribution in [-0.4, -0.2) is 70.0 Å². The van der Waals surface area contributed by atoms with Crippen LogP contribution in [-0.2, 0) is 11.8 Å². The lowest BCUT2D eigenvalue weighted by molar-refractivity contribution is -0.437. The van der Waals surface area contributed by atoms with Gasteiger partial charge in [0.25, 0.3) is 5.70 Å². The van der Waals surface area contributed by atoms with E-state index < -0.39 is 23.4 Å². The molecule has 0 fully saturated rings. The van der Waals surface area contributed by atoms with Crippen molar-refractivity contribution in [3.63, 3.8) is 0 Å². The molecule has 11 nitrogen and oxygen atoms in total. The number of hydrogen-bond donors (Lipinski definition) is 3. The Balaban J connectivity index is 1.70. The molecule has 0 spiro atoms. The van der Waals surface area contributed by atoms with Crippen molar-refractivity contribution in [1.82, 2.24) is 30.1 Å². The van der Waals surface area contributed by atoms with Gasteiger partial charge < -0.3 is 24.8 Å². The molecule has 1 aliphatic heterocycles. The van der Waals surface area contributed by atoms with Gasteiger partial charge in [-0.3, -0.25) is 15.4 Å². The zero-order valence-electron chi connectivity index (χ0n) is 21.8. The van der Waals surface area contributed by atoms with Crippen LogP contribution in [0.3, 0.4) is 0 Å². The van der Waals surface area contributed by atoms with Gasteiger partial charge in [-0.05, 0) is 33.2 Å². The fourth-order valence-corrected chi connectivity index (χ4v) is 4.20. The second-order valence-corrected chi connectivity index (χ2v) is 9.47. The van der Waals surface area contributed by atoms with Crippen molar-refractivity contribution in [3.05, 3.63) is 76.2 Å². The molecular weight excluding hydrogens is 517 g/mol. The molecule has 3 aromatic rings. The molecule has 39 heavy (non-hydrogen) atoms. The Morgan fingerprint density at radius 3 is 2.69 bits per heavy atom. The molecule has 1 atom stereocenters. The number of nitrogens with zero attached hydrogens (tertiary/aromatic N) is 5. The van der Waals surface area contributed by atoms with E-state index in [1.54, 1.807) is 6.07 Å². The van der Waals surface area contributed by atoms with Crippen LogP contribution in [0.4, 0.5) is 19.1 Å². The molecule has 0 amide bonds. The number of likely N-dealkylation sites (N-methyl/N-ethyl adjacent to an activating group) is 1. The fraction of sp³-hybridized carbons (Fsp3) is 0.360. The maximum absolute atomic E-state index is 13.1. The van der Waals surface area contributed by atoms with E-state index in [-0.39, 0.29) is 23.2 Å². The third-order valence-electron chi connectivity index (χ3n) is 6.09. The van der Waals surface area contributed by atoms with Gasteiger partial charge in [0.15, 0.2) is 12.3 Å². The minimum absolute atomic E-state index is 0.0217. The van der Waals surface area contributed by atoms with Crippen molar-refractivity contribution in [3.8, 4) is 11.3 Å². The Hall–Kier alpha value is -4.17. The van der Waals surface area contributed by atoms with Crippen LogP contribution in [0.25, 0.3) is 22.2 Å². The van der Waals surface area contributed by atoms with E-state index in [4.69, 9.17) is 4.74 Å². The highest BCUT2D eigenvalue weighted by Gasteiger charge is 2.43. The quantitative estimate of drug-likeness (QED) is 0.259. The van der Waals surface area contributed by atoms with Crippen LogP contribution in [0.1, 0.15) is 6.92 Å². The van der Waals surface area contributed by atoms with Crippen LogP contribution >= 0.6 is 0 Å². The normalized spacial score (nSPS) is 17.8. The van der Waals surface area contributed by atoms with Gasteiger partial charge in [0.1, 0.15) is 5.70 Å². The number of alkyl halides is 3. The topological polar surface area (TPSA) is 122 Å². The zero-order valence-corrected chi connectivity index (χ0v) is 21.8. The SMILES string of the molecule is CN(C)CCNC1(C)NC(OCC(F)(F)F)=C(Nc2nccc(-c3cn(C)c4ccccc34)n2)C=C1[N+](=O)[O-]. The van der Waals surface area contributed by atoms with E-state index in [0.29, 0.717) is 18.8 Å². The summed E-state index contributed by atoms with van der Waals surface area (Å²) in [5, 5.41) is 21.5. The maximum Gasteiger partial charge on any atom is 0.422 e. The molecule has 4 rings (SSSR count). The molecule has 0 saturated heterocycles. The predicted octanol–water partition coefficient (Wildman–Crippen LogP) is 3.43. The number of rotatable bonds is 10. The summed E-state index contributed by atoms with van der Waals surface area (Å²) >= 11 is 0. The maximum atomic E-state index is 13.1. The number of para-hydroxylation sites is 1. The largest absolute Gasteiger partial charge is 0.468 e. The van der Waals surface area contributed by atoms with E-state index in [0.717, 1.165) is 22.5 Å². The lowest BCUT2D eigenvalue weighted by Crippen LogP contribution is -2.60. The molecule has 0 aliphatic carbocycles. The molecule has 3 N–H and O–H groups in total. The molecule has 1 aromatic carbocycles. The van der Waals surface area contributed by atoms with Gasteiger partial charge in [-0.2, -0.15) is 13.2 Å².